The van der Waals surface area contributed by atoms with Crippen molar-refractivity contribution >= 4 is 11.6 Å². The van der Waals surface area contributed by atoms with Crippen molar-refractivity contribution in [3.8, 4) is 0 Å². The van der Waals surface area contributed by atoms with E-state index in [0.717, 1.165) is 23.8 Å². The monoisotopic (exact) mass is 292 g/mol. The van der Waals surface area contributed by atoms with Crippen molar-refractivity contribution in [2.24, 2.45) is 0 Å². The van der Waals surface area contributed by atoms with Gasteiger partial charge in [0.2, 0.25) is 0 Å². The van der Waals surface area contributed by atoms with E-state index in [9.17, 15) is 0 Å². The molecule has 1 heterocycles. The van der Waals surface area contributed by atoms with Gasteiger partial charge in [-0.1, -0.05) is 33.6 Å². The fourth-order valence-corrected chi connectivity index (χ4v) is 2.49. The number of nitrogen functional groups attached to an aromatic ring is 1. The Morgan fingerprint density at radius 2 is 1.90 bits per heavy atom. The van der Waals surface area contributed by atoms with E-state index in [0.29, 0.717) is 18.5 Å². The summed E-state index contributed by atoms with van der Waals surface area (Å²) in [4.78, 5) is 9.01. The molecular weight excluding hydrogens is 264 g/mol. The zero-order chi connectivity index (χ0) is 15.5. The topological polar surface area (TPSA) is 73.1 Å². The van der Waals surface area contributed by atoms with Crippen LogP contribution >= 0.6 is 0 Å². The van der Waals surface area contributed by atoms with Crippen LogP contribution in [0.2, 0.25) is 0 Å². The first-order chi connectivity index (χ1) is 9.88. The maximum atomic E-state index is 6.00. The molecule has 0 saturated heterocycles. The molecule has 3 N–H and O–H groups in total. The van der Waals surface area contributed by atoms with Gasteiger partial charge in [0.1, 0.15) is 17.5 Å². The third kappa shape index (κ3) is 4.30. The Kier molecular flexibility index (Phi) is 5.04. The van der Waals surface area contributed by atoms with E-state index in [1.165, 1.54) is 25.7 Å². The molecule has 1 saturated carbocycles. The van der Waals surface area contributed by atoms with Crippen LogP contribution in [0, 0.1) is 6.92 Å². The molecule has 0 radical (unpaired) electrons. The van der Waals surface area contributed by atoms with E-state index in [2.05, 4.69) is 36.1 Å². The molecule has 2 rings (SSSR count). The van der Waals surface area contributed by atoms with Crippen molar-refractivity contribution in [2.75, 3.05) is 24.2 Å². The fraction of sp³-hybridized carbons (Fsp3) is 0.750. The van der Waals surface area contributed by atoms with Crippen molar-refractivity contribution in [3.05, 3.63) is 11.4 Å². The van der Waals surface area contributed by atoms with E-state index >= 15 is 0 Å². The molecule has 0 amide bonds. The fourth-order valence-electron chi connectivity index (χ4n) is 2.49. The number of nitrogens with two attached hydrogens (primary N) is 1. The normalized spacial score (nSPS) is 16.4. The number of rotatable bonds is 5. The van der Waals surface area contributed by atoms with Gasteiger partial charge < -0.3 is 15.8 Å². The molecule has 1 aromatic heterocycles. The number of hydrogen-bond acceptors (Lipinski definition) is 5. The van der Waals surface area contributed by atoms with E-state index in [-0.39, 0.29) is 5.41 Å². The maximum absolute atomic E-state index is 6.00. The lowest BCUT2D eigenvalue weighted by Crippen LogP contribution is -2.21. The van der Waals surface area contributed by atoms with Gasteiger partial charge in [-0.15, -0.1) is 0 Å². The van der Waals surface area contributed by atoms with E-state index < -0.39 is 0 Å². The van der Waals surface area contributed by atoms with E-state index in [1.54, 1.807) is 0 Å². The molecule has 0 spiro atoms. The third-order valence-electron chi connectivity index (χ3n) is 3.90. The molecule has 0 aromatic carbocycles. The van der Waals surface area contributed by atoms with Gasteiger partial charge in [0.15, 0.2) is 0 Å². The predicted octanol–water partition coefficient (Wildman–Crippen LogP) is 3.04. The molecule has 1 fully saturated rings. The average Bonchev–Trinajstić information content (AvgIpc) is 2.91. The largest absolute Gasteiger partial charge is 0.383 e. The number of nitrogens with one attached hydrogen (secondary N) is 1. The Hall–Kier alpha value is -1.36. The van der Waals surface area contributed by atoms with E-state index in [1.807, 2.05) is 6.92 Å². The first-order valence-electron chi connectivity index (χ1n) is 7.88. The Balaban J connectivity index is 1.93. The summed E-state index contributed by atoms with van der Waals surface area (Å²) >= 11 is 0. The van der Waals surface area contributed by atoms with Crippen LogP contribution in [0.1, 0.15) is 57.8 Å². The van der Waals surface area contributed by atoms with Crippen LogP contribution in [0.3, 0.4) is 0 Å². The lowest BCUT2D eigenvalue weighted by atomic mass is 9.95. The van der Waals surface area contributed by atoms with Crippen LogP contribution < -0.4 is 11.1 Å². The van der Waals surface area contributed by atoms with Crippen molar-refractivity contribution in [3.63, 3.8) is 0 Å². The summed E-state index contributed by atoms with van der Waals surface area (Å²) in [6.45, 7) is 9.66. The van der Waals surface area contributed by atoms with Crippen molar-refractivity contribution in [2.45, 2.75) is 64.9 Å². The molecule has 1 aliphatic rings. The Labute approximate surface area is 127 Å². The quantitative estimate of drug-likeness (QED) is 0.816. The summed E-state index contributed by atoms with van der Waals surface area (Å²) in [5.74, 6) is 2.14. The summed E-state index contributed by atoms with van der Waals surface area (Å²) in [7, 11) is 0. The minimum absolute atomic E-state index is 0.113. The number of aromatic nitrogens is 2. The van der Waals surface area contributed by atoms with Crippen LogP contribution in [0.15, 0.2) is 0 Å². The first kappa shape index (κ1) is 16.0. The van der Waals surface area contributed by atoms with Gasteiger partial charge in [0.25, 0.3) is 0 Å². The van der Waals surface area contributed by atoms with Gasteiger partial charge in [0.05, 0.1) is 12.7 Å². The molecule has 0 bridgehead atoms. The summed E-state index contributed by atoms with van der Waals surface area (Å²) < 4.78 is 5.86. The molecule has 21 heavy (non-hydrogen) atoms. The van der Waals surface area contributed by atoms with Crippen molar-refractivity contribution in [1.29, 1.82) is 0 Å². The van der Waals surface area contributed by atoms with Gasteiger partial charge in [-0.2, -0.15) is 0 Å². The number of anilines is 2. The highest BCUT2D eigenvalue weighted by Gasteiger charge is 2.20. The molecule has 0 unspecified atom stereocenters. The molecule has 1 aromatic rings. The minimum atomic E-state index is -0.113. The zero-order valence-corrected chi connectivity index (χ0v) is 13.7. The Morgan fingerprint density at radius 3 is 2.52 bits per heavy atom. The number of nitrogens with zero attached hydrogens (tertiary/aromatic N) is 2. The Bertz CT molecular complexity index is 476. The van der Waals surface area contributed by atoms with Crippen LogP contribution in [0.5, 0.6) is 0 Å². The molecule has 0 atom stereocenters. The van der Waals surface area contributed by atoms with Crippen LogP contribution in [-0.2, 0) is 10.2 Å². The second-order valence-electron chi connectivity index (χ2n) is 6.86. The minimum Gasteiger partial charge on any atom is -0.383 e. The smallest absolute Gasteiger partial charge is 0.138 e. The van der Waals surface area contributed by atoms with Crippen LogP contribution in [0.4, 0.5) is 11.6 Å². The SMILES string of the molecule is Cc1c(N)nc(C(C)(C)C)nc1NCCOC1CCCC1. The lowest BCUT2D eigenvalue weighted by Gasteiger charge is -2.20. The Morgan fingerprint density at radius 1 is 1.24 bits per heavy atom. The highest BCUT2D eigenvalue weighted by molar-refractivity contribution is 5.55. The second kappa shape index (κ2) is 6.60. The van der Waals surface area contributed by atoms with Gasteiger partial charge >= 0.3 is 0 Å². The molecule has 1 aliphatic carbocycles. The number of hydrogen-bond donors (Lipinski definition) is 2. The highest BCUT2D eigenvalue weighted by Crippen LogP contribution is 2.25. The standard InChI is InChI=1S/C16H28N4O/c1-11-13(17)19-15(16(2,3)4)20-14(11)18-9-10-21-12-7-5-6-8-12/h12H,5-10H2,1-4H3,(H3,17,18,19,20). The zero-order valence-electron chi connectivity index (χ0n) is 13.7. The highest BCUT2D eigenvalue weighted by atomic mass is 16.5. The van der Waals surface area contributed by atoms with Crippen LogP contribution in [0.25, 0.3) is 0 Å². The lowest BCUT2D eigenvalue weighted by molar-refractivity contribution is 0.0658. The summed E-state index contributed by atoms with van der Waals surface area (Å²) in [5.41, 5.74) is 6.79. The van der Waals surface area contributed by atoms with Crippen molar-refractivity contribution < 1.29 is 4.74 Å². The van der Waals surface area contributed by atoms with Gasteiger partial charge in [-0.25, -0.2) is 9.97 Å². The second-order valence-corrected chi connectivity index (χ2v) is 6.86. The van der Waals surface area contributed by atoms with Gasteiger partial charge in [0, 0.05) is 17.5 Å². The molecule has 118 valence electrons. The number of ether oxygens (including phenoxy) is 1. The third-order valence-corrected chi connectivity index (χ3v) is 3.90. The molecule has 5 nitrogen and oxygen atoms in total. The molecule has 0 aliphatic heterocycles. The summed E-state index contributed by atoms with van der Waals surface area (Å²) in [5, 5.41) is 3.33. The van der Waals surface area contributed by atoms with Crippen LogP contribution in [-0.4, -0.2) is 29.2 Å². The van der Waals surface area contributed by atoms with Gasteiger partial charge in [-0.05, 0) is 19.8 Å². The van der Waals surface area contributed by atoms with Gasteiger partial charge in [-0.3, -0.25) is 0 Å². The summed E-state index contributed by atoms with van der Waals surface area (Å²) in [6, 6.07) is 0. The van der Waals surface area contributed by atoms with Crippen molar-refractivity contribution in [1.82, 2.24) is 9.97 Å². The average molecular weight is 292 g/mol. The molecule has 5 heteroatoms. The summed E-state index contributed by atoms with van der Waals surface area (Å²) in [6.07, 6.45) is 5.46. The predicted molar refractivity (Wildman–Crippen MR) is 86.6 cm³/mol. The first-order valence-corrected chi connectivity index (χ1v) is 7.88. The maximum Gasteiger partial charge on any atom is 0.138 e. The molecular formula is C16H28N4O. The van der Waals surface area contributed by atoms with E-state index in [4.69, 9.17) is 10.5 Å².